The molecule has 1 aromatic carbocycles. The zero-order valence-corrected chi connectivity index (χ0v) is 13.5. The maximum Gasteiger partial charge on any atom is 0.306 e. The molecule has 1 fully saturated rings. The Labute approximate surface area is 139 Å². The van der Waals surface area contributed by atoms with Crippen molar-refractivity contribution in [2.24, 2.45) is 0 Å². The van der Waals surface area contributed by atoms with Crippen LogP contribution in [0, 0.1) is 0 Å². The fourth-order valence-electron chi connectivity index (χ4n) is 3.32. The molecular formula is C17H20N2O5. The van der Waals surface area contributed by atoms with Gasteiger partial charge in [0.1, 0.15) is 0 Å². The van der Waals surface area contributed by atoms with Crippen molar-refractivity contribution in [2.45, 2.75) is 24.9 Å². The summed E-state index contributed by atoms with van der Waals surface area (Å²) in [5, 5.41) is 8.90. The summed E-state index contributed by atoms with van der Waals surface area (Å²) in [4.78, 5) is 39.2. The number of nitrogens with zero attached hydrogens (tertiary/aromatic N) is 2. The predicted molar refractivity (Wildman–Crippen MR) is 85.8 cm³/mol. The second kappa shape index (κ2) is 6.60. The van der Waals surface area contributed by atoms with Crippen molar-refractivity contribution >= 4 is 23.5 Å². The Morgan fingerprint density at radius 2 is 2.08 bits per heavy atom. The van der Waals surface area contributed by atoms with E-state index in [9.17, 15) is 14.4 Å². The van der Waals surface area contributed by atoms with E-state index < -0.39 is 18.0 Å². The summed E-state index contributed by atoms with van der Waals surface area (Å²) >= 11 is 0. The number of carboxylic acid groups (broad SMARTS) is 1. The molecule has 2 heterocycles. The average molecular weight is 332 g/mol. The lowest BCUT2D eigenvalue weighted by molar-refractivity contribution is -0.148. The molecule has 0 unspecified atom stereocenters. The van der Waals surface area contributed by atoms with Gasteiger partial charge in [-0.15, -0.1) is 0 Å². The number of ether oxygens (including phenoxy) is 1. The van der Waals surface area contributed by atoms with Gasteiger partial charge in [0.2, 0.25) is 11.8 Å². The number of hydrogen-bond donors (Lipinski definition) is 1. The van der Waals surface area contributed by atoms with Gasteiger partial charge in [-0.25, -0.2) is 0 Å². The molecule has 2 aliphatic rings. The quantitative estimate of drug-likeness (QED) is 0.886. The van der Waals surface area contributed by atoms with Crippen LogP contribution < -0.4 is 4.90 Å². The van der Waals surface area contributed by atoms with Crippen LogP contribution >= 0.6 is 0 Å². The van der Waals surface area contributed by atoms with Crippen molar-refractivity contribution in [3.8, 4) is 0 Å². The molecule has 0 aromatic heterocycles. The van der Waals surface area contributed by atoms with Crippen LogP contribution in [0.15, 0.2) is 24.3 Å². The highest BCUT2D eigenvalue weighted by atomic mass is 16.5. The fourth-order valence-corrected chi connectivity index (χ4v) is 3.32. The van der Waals surface area contributed by atoms with E-state index >= 15 is 0 Å². The summed E-state index contributed by atoms with van der Waals surface area (Å²) in [7, 11) is 1.71. The highest BCUT2D eigenvalue weighted by molar-refractivity contribution is 6.02. The van der Waals surface area contributed by atoms with E-state index in [1.54, 1.807) is 16.8 Å². The Morgan fingerprint density at radius 3 is 2.83 bits per heavy atom. The summed E-state index contributed by atoms with van der Waals surface area (Å²) < 4.78 is 5.41. The van der Waals surface area contributed by atoms with Crippen LogP contribution in [-0.4, -0.2) is 60.6 Å². The maximum absolute atomic E-state index is 13.0. The lowest BCUT2D eigenvalue weighted by atomic mass is 9.88. The molecule has 1 N–H and O–H groups in total. The first kappa shape index (κ1) is 16.4. The van der Waals surface area contributed by atoms with E-state index in [2.05, 4.69) is 0 Å². The van der Waals surface area contributed by atoms with Crippen molar-refractivity contribution in [3.05, 3.63) is 29.8 Å². The summed E-state index contributed by atoms with van der Waals surface area (Å²) in [5.41, 5.74) is 1.59. The van der Waals surface area contributed by atoms with E-state index in [1.807, 2.05) is 24.3 Å². The minimum Gasteiger partial charge on any atom is -0.481 e. The van der Waals surface area contributed by atoms with Gasteiger partial charge in [-0.2, -0.15) is 0 Å². The van der Waals surface area contributed by atoms with Crippen molar-refractivity contribution in [1.29, 1.82) is 0 Å². The van der Waals surface area contributed by atoms with Crippen LogP contribution in [-0.2, 0) is 19.1 Å². The molecule has 7 nitrogen and oxygen atoms in total. The van der Waals surface area contributed by atoms with Gasteiger partial charge in [-0.1, -0.05) is 18.2 Å². The standard InChI is InChI=1S/C17H20N2O5/c1-18-14-5-3-2-4-12(14)13(9-15(18)20)17(23)19-6-7-24-11(10-19)8-16(21)22/h2-5,11,13H,6-10H2,1H3,(H,21,22)/t11-,13+/m0/s1. The zero-order chi connectivity index (χ0) is 17.3. The van der Waals surface area contributed by atoms with Gasteiger partial charge in [0, 0.05) is 32.2 Å². The molecule has 7 heteroatoms. The molecule has 3 rings (SSSR count). The van der Waals surface area contributed by atoms with E-state index in [0.29, 0.717) is 13.2 Å². The molecule has 0 radical (unpaired) electrons. The van der Waals surface area contributed by atoms with Crippen molar-refractivity contribution in [1.82, 2.24) is 4.90 Å². The summed E-state index contributed by atoms with van der Waals surface area (Å²) in [6.07, 6.45) is -0.502. The predicted octanol–water partition coefficient (Wildman–Crippen LogP) is 0.839. The Kier molecular flexibility index (Phi) is 4.53. The number of rotatable bonds is 3. The van der Waals surface area contributed by atoms with Crippen molar-refractivity contribution in [2.75, 3.05) is 31.6 Å². The molecular weight excluding hydrogens is 312 g/mol. The fraction of sp³-hybridized carbons (Fsp3) is 0.471. The number of carbonyl (C=O) groups is 3. The van der Waals surface area contributed by atoms with Gasteiger partial charge < -0.3 is 19.6 Å². The van der Waals surface area contributed by atoms with Crippen LogP contribution in [0.3, 0.4) is 0 Å². The van der Waals surface area contributed by atoms with Crippen LogP contribution in [0.25, 0.3) is 0 Å². The van der Waals surface area contributed by atoms with Gasteiger partial charge in [0.25, 0.3) is 0 Å². The van der Waals surface area contributed by atoms with Crippen molar-refractivity contribution in [3.63, 3.8) is 0 Å². The largest absolute Gasteiger partial charge is 0.481 e. The SMILES string of the molecule is CN1C(=O)C[C@@H](C(=O)N2CCO[C@@H](CC(=O)O)C2)c2ccccc21. The van der Waals surface area contributed by atoms with E-state index in [4.69, 9.17) is 9.84 Å². The topological polar surface area (TPSA) is 87.2 Å². The maximum atomic E-state index is 13.0. The Balaban J connectivity index is 1.81. The third-order valence-corrected chi connectivity index (χ3v) is 4.58. The van der Waals surface area contributed by atoms with E-state index in [-0.39, 0.29) is 31.2 Å². The van der Waals surface area contributed by atoms with Crippen LogP contribution in [0.2, 0.25) is 0 Å². The molecule has 0 aliphatic carbocycles. The normalized spacial score (nSPS) is 23.8. The molecule has 1 aromatic rings. The van der Waals surface area contributed by atoms with E-state index in [0.717, 1.165) is 11.3 Å². The molecule has 0 saturated carbocycles. The molecule has 0 bridgehead atoms. The van der Waals surface area contributed by atoms with Crippen LogP contribution in [0.4, 0.5) is 5.69 Å². The summed E-state index contributed by atoms with van der Waals surface area (Å²) in [6.45, 7) is 0.970. The smallest absolute Gasteiger partial charge is 0.306 e. The number of anilines is 1. The number of hydrogen-bond acceptors (Lipinski definition) is 4. The van der Waals surface area contributed by atoms with Gasteiger partial charge in [-0.05, 0) is 11.6 Å². The molecule has 128 valence electrons. The van der Waals surface area contributed by atoms with Crippen LogP contribution in [0.1, 0.15) is 24.3 Å². The van der Waals surface area contributed by atoms with Gasteiger partial charge >= 0.3 is 5.97 Å². The Bertz CT molecular complexity index is 675. The zero-order valence-electron chi connectivity index (χ0n) is 13.5. The number of para-hydroxylation sites is 1. The lowest BCUT2D eigenvalue weighted by Gasteiger charge is -2.37. The molecule has 24 heavy (non-hydrogen) atoms. The summed E-state index contributed by atoms with van der Waals surface area (Å²) in [6, 6.07) is 7.40. The number of benzene rings is 1. The molecule has 1 saturated heterocycles. The molecule has 2 amide bonds. The van der Waals surface area contributed by atoms with Gasteiger partial charge in [0.15, 0.2) is 0 Å². The number of fused-ring (bicyclic) bond motifs is 1. The number of aliphatic carboxylic acids is 1. The lowest BCUT2D eigenvalue weighted by Crippen LogP contribution is -2.49. The number of carboxylic acids is 1. The first-order valence-corrected chi connectivity index (χ1v) is 7.95. The average Bonchev–Trinajstić information content (AvgIpc) is 2.57. The minimum atomic E-state index is -0.950. The number of morpholine rings is 1. The number of carbonyl (C=O) groups excluding carboxylic acids is 2. The van der Waals surface area contributed by atoms with Gasteiger partial charge in [-0.3, -0.25) is 14.4 Å². The highest BCUT2D eigenvalue weighted by Crippen LogP contribution is 2.36. The second-order valence-electron chi connectivity index (χ2n) is 6.14. The van der Waals surface area contributed by atoms with Crippen LogP contribution in [0.5, 0.6) is 0 Å². The summed E-state index contributed by atoms with van der Waals surface area (Å²) in [5.74, 6) is -1.70. The molecule has 0 spiro atoms. The first-order chi connectivity index (χ1) is 11.5. The monoisotopic (exact) mass is 332 g/mol. The Morgan fingerprint density at radius 1 is 1.33 bits per heavy atom. The molecule has 2 atom stereocenters. The van der Waals surface area contributed by atoms with Crippen molar-refractivity contribution < 1.29 is 24.2 Å². The Hall–Kier alpha value is -2.41. The van der Waals surface area contributed by atoms with Gasteiger partial charge in [0.05, 0.1) is 25.0 Å². The first-order valence-electron chi connectivity index (χ1n) is 7.95. The van der Waals surface area contributed by atoms with E-state index in [1.165, 1.54) is 0 Å². The molecule has 2 aliphatic heterocycles. The third kappa shape index (κ3) is 3.12. The third-order valence-electron chi connectivity index (χ3n) is 4.58. The highest BCUT2D eigenvalue weighted by Gasteiger charge is 2.37. The minimum absolute atomic E-state index is 0.0950. The second-order valence-corrected chi connectivity index (χ2v) is 6.14. The number of amides is 2.